The third kappa shape index (κ3) is 4.02. The number of halogens is 1. The smallest absolute Gasteiger partial charge is 0.0476 e. The van der Waals surface area contributed by atoms with Crippen molar-refractivity contribution in [1.82, 2.24) is 15.6 Å². The Labute approximate surface area is 139 Å². The van der Waals surface area contributed by atoms with Gasteiger partial charge < -0.3 is 10.6 Å². The Hall–Kier alpha value is -0.980. The van der Waals surface area contributed by atoms with Gasteiger partial charge in [0.15, 0.2) is 0 Å². The van der Waals surface area contributed by atoms with E-state index in [0.717, 1.165) is 13.1 Å². The molecule has 3 rings (SSSR count). The normalized spacial score (nSPS) is 22.1. The van der Waals surface area contributed by atoms with Crippen LogP contribution < -0.4 is 10.6 Å². The number of rotatable bonds is 4. The Bertz CT molecular complexity index is 573. The van der Waals surface area contributed by atoms with Gasteiger partial charge in [0.2, 0.25) is 0 Å². The van der Waals surface area contributed by atoms with Crippen LogP contribution in [0.1, 0.15) is 30.0 Å². The van der Waals surface area contributed by atoms with E-state index in [1.54, 1.807) is 0 Å². The van der Waals surface area contributed by atoms with Gasteiger partial charge in [0.25, 0.3) is 0 Å². The molecule has 0 saturated carbocycles. The van der Waals surface area contributed by atoms with E-state index in [4.69, 9.17) is 0 Å². The minimum absolute atomic E-state index is 0.399. The SMILES string of the molecule is Ic1cncc(CNC2CCCNC2c2ccccc2)c1. The van der Waals surface area contributed by atoms with E-state index in [1.165, 1.54) is 27.5 Å². The number of piperidine rings is 1. The second-order valence-corrected chi connectivity index (χ2v) is 6.73. The summed E-state index contributed by atoms with van der Waals surface area (Å²) in [4.78, 5) is 4.26. The Morgan fingerprint density at radius 1 is 1.24 bits per heavy atom. The lowest BCUT2D eigenvalue weighted by Crippen LogP contribution is -2.45. The van der Waals surface area contributed by atoms with Gasteiger partial charge in [-0.15, -0.1) is 0 Å². The first-order valence-electron chi connectivity index (χ1n) is 7.44. The highest BCUT2D eigenvalue weighted by Crippen LogP contribution is 2.23. The summed E-state index contributed by atoms with van der Waals surface area (Å²) in [5.74, 6) is 0. The minimum atomic E-state index is 0.399. The van der Waals surface area contributed by atoms with E-state index in [-0.39, 0.29) is 0 Å². The molecule has 110 valence electrons. The summed E-state index contributed by atoms with van der Waals surface area (Å²) < 4.78 is 1.19. The number of pyridine rings is 1. The summed E-state index contributed by atoms with van der Waals surface area (Å²) in [6, 6.07) is 13.8. The van der Waals surface area contributed by atoms with Crippen molar-refractivity contribution in [1.29, 1.82) is 0 Å². The zero-order valence-electron chi connectivity index (χ0n) is 11.9. The molecule has 0 amide bonds. The van der Waals surface area contributed by atoms with Gasteiger partial charge in [0, 0.05) is 34.6 Å². The van der Waals surface area contributed by atoms with E-state index < -0.39 is 0 Å². The zero-order valence-corrected chi connectivity index (χ0v) is 14.1. The van der Waals surface area contributed by atoms with Gasteiger partial charge in [-0.1, -0.05) is 30.3 Å². The average Bonchev–Trinajstić information content (AvgIpc) is 2.54. The molecule has 1 aromatic carbocycles. The molecule has 2 unspecified atom stereocenters. The lowest BCUT2D eigenvalue weighted by atomic mass is 9.92. The van der Waals surface area contributed by atoms with Crippen molar-refractivity contribution in [2.45, 2.75) is 31.5 Å². The van der Waals surface area contributed by atoms with Gasteiger partial charge in [0.05, 0.1) is 0 Å². The van der Waals surface area contributed by atoms with Crippen LogP contribution in [0, 0.1) is 3.57 Å². The first-order chi connectivity index (χ1) is 10.3. The monoisotopic (exact) mass is 393 g/mol. The summed E-state index contributed by atoms with van der Waals surface area (Å²) in [7, 11) is 0. The Morgan fingerprint density at radius 2 is 2.10 bits per heavy atom. The molecule has 21 heavy (non-hydrogen) atoms. The lowest BCUT2D eigenvalue weighted by Gasteiger charge is -2.34. The number of hydrogen-bond donors (Lipinski definition) is 2. The van der Waals surface area contributed by atoms with Gasteiger partial charge >= 0.3 is 0 Å². The molecule has 0 radical (unpaired) electrons. The number of aromatic nitrogens is 1. The molecule has 3 nitrogen and oxygen atoms in total. The van der Waals surface area contributed by atoms with Crippen LogP contribution in [-0.4, -0.2) is 17.6 Å². The molecule has 2 N–H and O–H groups in total. The average molecular weight is 393 g/mol. The molecule has 1 fully saturated rings. The predicted octanol–water partition coefficient (Wildman–Crippen LogP) is 3.27. The highest BCUT2D eigenvalue weighted by atomic mass is 127. The van der Waals surface area contributed by atoms with Crippen LogP contribution in [0.3, 0.4) is 0 Å². The molecule has 1 aliphatic rings. The lowest BCUT2D eigenvalue weighted by molar-refractivity contribution is 0.304. The van der Waals surface area contributed by atoms with Gasteiger partial charge in [-0.3, -0.25) is 4.98 Å². The molecule has 2 heterocycles. The molecular formula is C17H20IN3. The topological polar surface area (TPSA) is 37.0 Å². The number of nitrogens with one attached hydrogen (secondary N) is 2. The van der Waals surface area contributed by atoms with E-state index in [0.29, 0.717) is 12.1 Å². The second kappa shape index (κ2) is 7.33. The third-order valence-corrected chi connectivity index (χ3v) is 4.54. The maximum atomic E-state index is 4.26. The van der Waals surface area contributed by atoms with Gasteiger partial charge in [0.1, 0.15) is 0 Å². The van der Waals surface area contributed by atoms with Crippen LogP contribution in [0.4, 0.5) is 0 Å². The quantitative estimate of drug-likeness (QED) is 0.784. The first kappa shape index (κ1) is 14.9. The van der Waals surface area contributed by atoms with Crippen molar-refractivity contribution in [2.75, 3.05) is 6.54 Å². The Kier molecular flexibility index (Phi) is 5.22. The molecule has 2 aromatic rings. The maximum absolute atomic E-state index is 4.26. The van der Waals surface area contributed by atoms with Crippen LogP contribution in [0.2, 0.25) is 0 Å². The van der Waals surface area contributed by atoms with Gasteiger partial charge in [-0.2, -0.15) is 0 Å². The fourth-order valence-electron chi connectivity index (χ4n) is 2.92. The zero-order chi connectivity index (χ0) is 14.5. The minimum Gasteiger partial charge on any atom is -0.309 e. The molecule has 0 aliphatic carbocycles. The molecule has 0 bridgehead atoms. The van der Waals surface area contributed by atoms with Crippen molar-refractivity contribution < 1.29 is 0 Å². The van der Waals surface area contributed by atoms with Crippen molar-refractivity contribution in [3.8, 4) is 0 Å². The van der Waals surface area contributed by atoms with E-state index in [2.05, 4.69) is 74.6 Å². The Balaban J connectivity index is 1.67. The van der Waals surface area contributed by atoms with Gasteiger partial charge in [-0.25, -0.2) is 0 Å². The highest BCUT2D eigenvalue weighted by molar-refractivity contribution is 14.1. The first-order valence-corrected chi connectivity index (χ1v) is 8.52. The molecule has 0 spiro atoms. The van der Waals surface area contributed by atoms with Crippen molar-refractivity contribution in [2.24, 2.45) is 0 Å². The van der Waals surface area contributed by atoms with Gasteiger partial charge in [-0.05, 0) is 59.2 Å². The standard InChI is InChI=1S/C17H20IN3/c18-15-9-13(10-19-12-15)11-21-16-7-4-8-20-17(16)14-5-2-1-3-6-14/h1-3,5-6,9-10,12,16-17,20-21H,4,7-8,11H2. The summed E-state index contributed by atoms with van der Waals surface area (Å²) in [5.41, 5.74) is 2.62. The van der Waals surface area contributed by atoms with Crippen LogP contribution in [-0.2, 0) is 6.54 Å². The predicted molar refractivity (Wildman–Crippen MR) is 94.0 cm³/mol. The van der Waals surface area contributed by atoms with Crippen molar-refractivity contribution in [3.05, 3.63) is 63.5 Å². The van der Waals surface area contributed by atoms with Crippen molar-refractivity contribution >= 4 is 22.6 Å². The van der Waals surface area contributed by atoms with Crippen LogP contribution in [0.25, 0.3) is 0 Å². The number of nitrogens with zero attached hydrogens (tertiary/aromatic N) is 1. The fourth-order valence-corrected chi connectivity index (χ4v) is 3.48. The molecule has 2 atom stereocenters. The Morgan fingerprint density at radius 3 is 2.90 bits per heavy atom. The third-order valence-electron chi connectivity index (χ3n) is 3.95. The van der Waals surface area contributed by atoms with E-state index >= 15 is 0 Å². The summed E-state index contributed by atoms with van der Waals surface area (Å²) in [6.45, 7) is 1.97. The summed E-state index contributed by atoms with van der Waals surface area (Å²) in [5, 5.41) is 7.36. The van der Waals surface area contributed by atoms with E-state index in [1.807, 2.05) is 12.4 Å². The number of benzene rings is 1. The summed E-state index contributed by atoms with van der Waals surface area (Å²) in [6.07, 6.45) is 6.28. The summed E-state index contributed by atoms with van der Waals surface area (Å²) >= 11 is 2.31. The number of hydrogen-bond acceptors (Lipinski definition) is 3. The molecule has 1 saturated heterocycles. The maximum Gasteiger partial charge on any atom is 0.0476 e. The van der Waals surface area contributed by atoms with E-state index in [9.17, 15) is 0 Å². The second-order valence-electron chi connectivity index (χ2n) is 5.48. The molecule has 4 heteroatoms. The van der Waals surface area contributed by atoms with Crippen LogP contribution >= 0.6 is 22.6 Å². The molecule has 1 aliphatic heterocycles. The van der Waals surface area contributed by atoms with Crippen LogP contribution in [0.5, 0.6) is 0 Å². The highest BCUT2D eigenvalue weighted by Gasteiger charge is 2.25. The molecule has 1 aromatic heterocycles. The van der Waals surface area contributed by atoms with Crippen molar-refractivity contribution in [3.63, 3.8) is 0 Å². The van der Waals surface area contributed by atoms with Crippen LogP contribution in [0.15, 0.2) is 48.8 Å². The largest absolute Gasteiger partial charge is 0.309 e. The fraction of sp³-hybridized carbons (Fsp3) is 0.353. The molecular weight excluding hydrogens is 373 g/mol.